The highest BCUT2D eigenvalue weighted by Gasteiger charge is 2.48. The second-order valence-electron chi connectivity index (χ2n) is 11.8. The van der Waals surface area contributed by atoms with E-state index in [-0.39, 0.29) is 36.6 Å². The van der Waals surface area contributed by atoms with E-state index in [4.69, 9.17) is 4.99 Å². The Labute approximate surface area is 247 Å². The number of amidine groups is 1. The van der Waals surface area contributed by atoms with Crippen molar-refractivity contribution in [3.63, 3.8) is 0 Å². The standard InChI is InChI=1S/C33H38N4O4S/c38-30(16-15-25-8-2-1-3-9-25)36-20-7-13-28(24-36)31-34-32(39)33(35-31)18-21-37(22-19-33)42(40,41)23-17-27-12-6-11-26-10-4-5-14-29(26)27/h1-6,8-12,14,28H,7,13,15-24H2,(H,34,35,39). The number of carbonyl (C=O) groups excluding carboxylic acids is 2. The molecule has 8 nitrogen and oxygen atoms in total. The van der Waals surface area contributed by atoms with Crippen LogP contribution in [-0.4, -0.2) is 72.7 Å². The monoisotopic (exact) mass is 586 g/mol. The van der Waals surface area contributed by atoms with Gasteiger partial charge in [-0.2, -0.15) is 0 Å². The Hall–Kier alpha value is -3.56. The number of nitrogens with zero attached hydrogens (tertiary/aromatic N) is 3. The summed E-state index contributed by atoms with van der Waals surface area (Å²) in [7, 11) is -3.48. The van der Waals surface area contributed by atoms with E-state index in [0.29, 0.717) is 44.5 Å². The van der Waals surface area contributed by atoms with Crippen molar-refractivity contribution >= 4 is 38.4 Å². The molecule has 3 aromatic carbocycles. The molecule has 3 aromatic rings. The number of benzene rings is 3. The largest absolute Gasteiger partial charge is 0.342 e. The van der Waals surface area contributed by atoms with Crippen LogP contribution in [0, 0.1) is 5.92 Å². The van der Waals surface area contributed by atoms with E-state index in [1.54, 1.807) is 0 Å². The molecule has 2 fully saturated rings. The topological polar surface area (TPSA) is 99.2 Å². The Kier molecular flexibility index (Phi) is 8.14. The quantitative estimate of drug-likeness (QED) is 0.432. The van der Waals surface area contributed by atoms with Crippen molar-refractivity contribution in [3.8, 4) is 0 Å². The fourth-order valence-corrected chi connectivity index (χ4v) is 8.04. The molecule has 1 spiro atoms. The number of hydrogen-bond acceptors (Lipinski definition) is 5. The molecule has 220 valence electrons. The van der Waals surface area contributed by atoms with Gasteiger partial charge < -0.3 is 10.2 Å². The SMILES string of the molecule is O=C(CCc1ccccc1)N1CCCC(C2=NC3(CCN(S(=O)(=O)CCc4cccc5ccccc45)CC3)C(=O)N2)C1. The molecule has 0 bridgehead atoms. The molecule has 9 heteroatoms. The lowest BCUT2D eigenvalue weighted by atomic mass is 9.89. The minimum Gasteiger partial charge on any atom is -0.342 e. The third kappa shape index (κ3) is 5.99. The number of carbonyl (C=O) groups is 2. The van der Waals surface area contributed by atoms with Gasteiger partial charge >= 0.3 is 0 Å². The van der Waals surface area contributed by atoms with E-state index in [9.17, 15) is 18.0 Å². The zero-order valence-electron chi connectivity index (χ0n) is 23.9. The van der Waals surface area contributed by atoms with Crippen LogP contribution < -0.4 is 5.32 Å². The number of sulfonamides is 1. The number of likely N-dealkylation sites (tertiary alicyclic amines) is 1. The lowest BCUT2D eigenvalue weighted by molar-refractivity contribution is -0.132. The van der Waals surface area contributed by atoms with Crippen molar-refractivity contribution < 1.29 is 18.0 Å². The van der Waals surface area contributed by atoms with E-state index in [1.165, 1.54) is 4.31 Å². The maximum Gasteiger partial charge on any atom is 0.253 e. The van der Waals surface area contributed by atoms with Crippen molar-refractivity contribution in [1.82, 2.24) is 14.5 Å². The molecule has 1 N–H and O–H groups in total. The van der Waals surface area contributed by atoms with Gasteiger partial charge in [-0.05, 0) is 60.4 Å². The molecule has 0 saturated carbocycles. The summed E-state index contributed by atoms with van der Waals surface area (Å²) in [6.07, 6.45) is 4.08. The Balaban J connectivity index is 1.05. The molecule has 2 amide bonds. The zero-order valence-corrected chi connectivity index (χ0v) is 24.7. The van der Waals surface area contributed by atoms with Crippen LogP contribution in [0.1, 0.15) is 43.2 Å². The molecule has 3 heterocycles. The normalized spacial score (nSPS) is 21.0. The number of hydrogen-bond donors (Lipinski definition) is 1. The number of rotatable bonds is 8. The summed E-state index contributed by atoms with van der Waals surface area (Å²) < 4.78 is 28.1. The highest BCUT2D eigenvalue weighted by Crippen LogP contribution is 2.34. The van der Waals surface area contributed by atoms with Crippen LogP contribution in [0.25, 0.3) is 10.8 Å². The average molecular weight is 587 g/mol. The van der Waals surface area contributed by atoms with Crippen molar-refractivity contribution in [2.45, 2.75) is 50.5 Å². The zero-order chi connectivity index (χ0) is 29.2. The predicted octanol–water partition coefficient (Wildman–Crippen LogP) is 3.95. The first kappa shape index (κ1) is 28.6. The highest BCUT2D eigenvalue weighted by molar-refractivity contribution is 7.89. The molecule has 0 aliphatic carbocycles. The fraction of sp³-hybridized carbons (Fsp3) is 0.424. The van der Waals surface area contributed by atoms with Gasteiger partial charge in [-0.15, -0.1) is 0 Å². The first-order chi connectivity index (χ1) is 20.3. The van der Waals surface area contributed by atoms with Gasteiger partial charge in [0.05, 0.1) is 5.75 Å². The Morgan fingerprint density at radius 3 is 2.48 bits per heavy atom. The summed E-state index contributed by atoms with van der Waals surface area (Å²) in [5, 5.41) is 5.21. The predicted molar refractivity (Wildman–Crippen MR) is 165 cm³/mol. The van der Waals surface area contributed by atoms with Gasteiger partial charge in [-0.1, -0.05) is 72.8 Å². The second kappa shape index (κ2) is 12.0. The molecular formula is C33H38N4O4S. The molecule has 0 aromatic heterocycles. The van der Waals surface area contributed by atoms with Gasteiger partial charge in [0.2, 0.25) is 15.9 Å². The van der Waals surface area contributed by atoms with Crippen LogP contribution in [0.5, 0.6) is 0 Å². The van der Waals surface area contributed by atoms with Gasteiger partial charge in [0.1, 0.15) is 11.4 Å². The Morgan fingerprint density at radius 1 is 0.929 bits per heavy atom. The average Bonchev–Trinajstić information content (AvgIpc) is 3.34. The van der Waals surface area contributed by atoms with Crippen LogP contribution in [0.15, 0.2) is 77.8 Å². The Bertz CT molecular complexity index is 1590. The van der Waals surface area contributed by atoms with E-state index in [0.717, 1.165) is 41.3 Å². The summed E-state index contributed by atoms with van der Waals surface area (Å²) in [4.78, 5) is 33.0. The number of fused-ring (bicyclic) bond motifs is 1. The van der Waals surface area contributed by atoms with Crippen molar-refractivity contribution in [2.24, 2.45) is 10.9 Å². The number of aryl methyl sites for hydroxylation is 2. The highest BCUT2D eigenvalue weighted by atomic mass is 32.2. The lowest BCUT2D eigenvalue weighted by Gasteiger charge is -2.35. The summed E-state index contributed by atoms with van der Waals surface area (Å²) in [5.41, 5.74) is 1.25. The van der Waals surface area contributed by atoms with Crippen molar-refractivity contribution in [3.05, 3.63) is 83.9 Å². The molecule has 3 aliphatic heterocycles. The third-order valence-corrected chi connectivity index (χ3v) is 11.0. The number of piperidine rings is 2. The molecule has 6 rings (SSSR count). The summed E-state index contributed by atoms with van der Waals surface area (Å²) in [6.45, 7) is 1.83. The number of nitrogens with one attached hydrogen (secondary N) is 1. The van der Waals surface area contributed by atoms with Crippen molar-refractivity contribution in [1.29, 1.82) is 0 Å². The van der Waals surface area contributed by atoms with E-state index >= 15 is 0 Å². The van der Waals surface area contributed by atoms with E-state index < -0.39 is 15.6 Å². The van der Waals surface area contributed by atoms with Crippen LogP contribution in [0.4, 0.5) is 0 Å². The second-order valence-corrected chi connectivity index (χ2v) is 13.8. The smallest absolute Gasteiger partial charge is 0.253 e. The summed E-state index contributed by atoms with van der Waals surface area (Å²) >= 11 is 0. The van der Waals surface area contributed by atoms with E-state index in [2.05, 4.69) is 5.32 Å². The van der Waals surface area contributed by atoms with Gasteiger partial charge in [-0.25, -0.2) is 12.7 Å². The third-order valence-electron chi connectivity index (χ3n) is 9.08. The number of amides is 2. The molecule has 1 atom stereocenters. The molecule has 3 aliphatic rings. The van der Waals surface area contributed by atoms with Gasteiger partial charge in [0.15, 0.2) is 0 Å². The van der Waals surface area contributed by atoms with Gasteiger partial charge in [0, 0.05) is 38.5 Å². The lowest BCUT2D eigenvalue weighted by Crippen LogP contribution is -2.51. The summed E-state index contributed by atoms with van der Waals surface area (Å²) in [5.74, 6) is 0.673. The van der Waals surface area contributed by atoms with Gasteiger partial charge in [0.25, 0.3) is 5.91 Å². The van der Waals surface area contributed by atoms with Crippen LogP contribution in [0.3, 0.4) is 0 Å². The summed E-state index contributed by atoms with van der Waals surface area (Å²) in [6, 6.07) is 24.0. The van der Waals surface area contributed by atoms with Crippen LogP contribution >= 0.6 is 0 Å². The number of aliphatic imine (C=N–C) groups is 1. The molecular weight excluding hydrogens is 548 g/mol. The maximum atomic E-state index is 13.3. The molecule has 2 saturated heterocycles. The molecule has 42 heavy (non-hydrogen) atoms. The minimum atomic E-state index is -3.48. The minimum absolute atomic E-state index is 0.00907. The Morgan fingerprint density at radius 2 is 1.67 bits per heavy atom. The van der Waals surface area contributed by atoms with E-state index in [1.807, 2.05) is 77.7 Å². The first-order valence-corrected chi connectivity index (χ1v) is 16.6. The first-order valence-electron chi connectivity index (χ1n) is 15.0. The maximum absolute atomic E-state index is 13.3. The van der Waals surface area contributed by atoms with Gasteiger partial charge in [-0.3, -0.25) is 14.6 Å². The molecule has 0 radical (unpaired) electrons. The van der Waals surface area contributed by atoms with Crippen LogP contribution in [-0.2, 0) is 32.5 Å². The molecule has 1 unspecified atom stereocenters. The van der Waals surface area contributed by atoms with Crippen molar-refractivity contribution in [2.75, 3.05) is 31.9 Å². The van der Waals surface area contributed by atoms with Crippen LogP contribution in [0.2, 0.25) is 0 Å². The fourth-order valence-electron chi connectivity index (χ4n) is 6.57.